The lowest BCUT2D eigenvalue weighted by molar-refractivity contribution is 0.103. The Labute approximate surface area is 170 Å². The van der Waals surface area contributed by atoms with E-state index < -0.39 is 0 Å². The Morgan fingerprint density at radius 3 is 2.86 bits per heavy atom. The molecule has 1 N–H and O–H groups in total. The molecule has 1 aliphatic rings. The van der Waals surface area contributed by atoms with Crippen LogP contribution < -0.4 is 0 Å². The molecular formula is C22H28N4OS. The van der Waals surface area contributed by atoms with Crippen LogP contribution >= 0.6 is 11.3 Å². The number of hydrogen-bond acceptors (Lipinski definition) is 5. The monoisotopic (exact) mass is 396 g/mol. The summed E-state index contributed by atoms with van der Waals surface area (Å²) in [5, 5.41) is 3.66. The van der Waals surface area contributed by atoms with Crippen LogP contribution in [0.5, 0.6) is 0 Å². The number of aromatic amines is 1. The van der Waals surface area contributed by atoms with Gasteiger partial charge in [-0.1, -0.05) is 18.2 Å². The number of hydrogen-bond donors (Lipinski definition) is 1. The third-order valence-electron chi connectivity index (χ3n) is 5.64. The van der Waals surface area contributed by atoms with Crippen molar-refractivity contribution in [2.24, 2.45) is 0 Å². The second-order valence-corrected chi connectivity index (χ2v) is 8.79. The van der Waals surface area contributed by atoms with Gasteiger partial charge in [0.1, 0.15) is 0 Å². The maximum atomic E-state index is 13.0. The number of fused-ring (bicyclic) bond motifs is 1. The first-order valence-electron chi connectivity index (χ1n) is 10.0. The third-order valence-corrected chi connectivity index (χ3v) is 6.49. The molecule has 0 saturated carbocycles. The van der Waals surface area contributed by atoms with Gasteiger partial charge < -0.3 is 14.8 Å². The molecule has 0 atom stereocenters. The quantitative estimate of drug-likeness (QED) is 0.614. The first-order chi connectivity index (χ1) is 13.6. The Kier molecular flexibility index (Phi) is 5.90. The van der Waals surface area contributed by atoms with Crippen LogP contribution in [0, 0.1) is 0 Å². The summed E-state index contributed by atoms with van der Waals surface area (Å²) in [6.07, 6.45) is 5.29. The number of thiazole rings is 1. The lowest BCUT2D eigenvalue weighted by Crippen LogP contribution is -2.34. The lowest BCUT2D eigenvalue weighted by Gasteiger charge is -2.31. The number of ketones is 1. The molecule has 3 aromatic rings. The minimum atomic E-state index is 0.0230. The predicted octanol–water partition coefficient (Wildman–Crippen LogP) is 3.99. The molecule has 148 valence electrons. The van der Waals surface area contributed by atoms with Crippen molar-refractivity contribution >= 4 is 28.0 Å². The Balaban J connectivity index is 1.38. The maximum Gasteiger partial charge on any atom is 0.223 e. The third kappa shape index (κ3) is 4.19. The smallest absolute Gasteiger partial charge is 0.223 e. The number of piperidine rings is 1. The zero-order valence-electron chi connectivity index (χ0n) is 16.6. The van der Waals surface area contributed by atoms with E-state index in [9.17, 15) is 4.79 Å². The summed E-state index contributed by atoms with van der Waals surface area (Å²) in [6.45, 7) is 4.57. The molecule has 0 spiro atoms. The van der Waals surface area contributed by atoms with Crippen molar-refractivity contribution in [1.29, 1.82) is 0 Å². The topological polar surface area (TPSA) is 52.2 Å². The predicted molar refractivity (Wildman–Crippen MR) is 115 cm³/mol. The number of likely N-dealkylation sites (tertiary alicyclic amines) is 1. The SMILES string of the molecule is CN(C)CCCN1CCC(c2csc(C(=O)c3c[nH]c4ccccc34)n2)CC1. The number of benzene rings is 1. The van der Waals surface area contributed by atoms with Crippen LogP contribution in [0.3, 0.4) is 0 Å². The summed E-state index contributed by atoms with van der Waals surface area (Å²) >= 11 is 1.48. The van der Waals surface area contributed by atoms with Gasteiger partial charge in [0.05, 0.1) is 11.3 Å². The summed E-state index contributed by atoms with van der Waals surface area (Å²) in [5.74, 6) is 0.501. The second-order valence-electron chi connectivity index (χ2n) is 7.93. The van der Waals surface area contributed by atoms with E-state index in [1.807, 2.05) is 24.3 Å². The highest BCUT2D eigenvalue weighted by molar-refractivity contribution is 7.12. The van der Waals surface area contributed by atoms with E-state index in [1.54, 1.807) is 6.20 Å². The molecule has 0 aliphatic carbocycles. The standard InChI is InChI=1S/C22H28N4OS/c1-25(2)10-5-11-26-12-8-16(9-13-26)20-15-28-22(24-20)21(27)18-14-23-19-7-4-3-6-17(18)19/h3-4,6-7,14-16,23H,5,8-13H2,1-2H3. The fourth-order valence-corrected chi connectivity index (χ4v) is 4.87. The highest BCUT2D eigenvalue weighted by Crippen LogP contribution is 2.30. The molecule has 0 amide bonds. The number of aromatic nitrogens is 2. The molecule has 28 heavy (non-hydrogen) atoms. The normalized spacial score (nSPS) is 16.2. The van der Waals surface area contributed by atoms with Gasteiger partial charge in [0, 0.05) is 28.4 Å². The van der Waals surface area contributed by atoms with Crippen LogP contribution in [0.25, 0.3) is 10.9 Å². The molecule has 1 aromatic carbocycles. The van der Waals surface area contributed by atoms with Gasteiger partial charge in [-0.05, 0) is 65.6 Å². The Morgan fingerprint density at radius 1 is 1.29 bits per heavy atom. The molecule has 1 fully saturated rings. The van der Waals surface area contributed by atoms with Gasteiger partial charge in [-0.3, -0.25) is 4.79 Å². The molecule has 5 nitrogen and oxygen atoms in total. The van der Waals surface area contributed by atoms with Crippen LogP contribution in [0.15, 0.2) is 35.8 Å². The van der Waals surface area contributed by atoms with Gasteiger partial charge in [0.25, 0.3) is 0 Å². The average Bonchev–Trinajstić information content (AvgIpc) is 3.35. The van der Waals surface area contributed by atoms with Crippen molar-refractivity contribution < 1.29 is 4.79 Å². The zero-order chi connectivity index (χ0) is 19.5. The van der Waals surface area contributed by atoms with Gasteiger partial charge in [-0.2, -0.15) is 0 Å². The first kappa shape index (κ1) is 19.3. The highest BCUT2D eigenvalue weighted by Gasteiger charge is 2.24. The number of nitrogens with zero attached hydrogens (tertiary/aromatic N) is 3. The van der Waals surface area contributed by atoms with Crippen LogP contribution in [0.2, 0.25) is 0 Å². The van der Waals surface area contributed by atoms with E-state index in [0.29, 0.717) is 16.5 Å². The van der Waals surface area contributed by atoms with Crippen molar-refractivity contribution in [1.82, 2.24) is 19.8 Å². The van der Waals surface area contributed by atoms with Crippen molar-refractivity contribution in [2.75, 3.05) is 40.3 Å². The van der Waals surface area contributed by atoms with E-state index in [0.717, 1.165) is 49.1 Å². The molecule has 0 radical (unpaired) electrons. The van der Waals surface area contributed by atoms with Crippen molar-refractivity contribution in [2.45, 2.75) is 25.2 Å². The van der Waals surface area contributed by atoms with Gasteiger partial charge in [0.15, 0.2) is 5.01 Å². The number of H-pyrrole nitrogens is 1. The van der Waals surface area contributed by atoms with Gasteiger partial charge >= 0.3 is 0 Å². The number of nitrogens with one attached hydrogen (secondary N) is 1. The number of rotatable bonds is 7. The molecular weight excluding hydrogens is 368 g/mol. The molecule has 1 saturated heterocycles. The number of carbonyl (C=O) groups is 1. The summed E-state index contributed by atoms with van der Waals surface area (Å²) in [7, 11) is 4.26. The highest BCUT2D eigenvalue weighted by atomic mass is 32.1. The van der Waals surface area contributed by atoms with Crippen molar-refractivity contribution in [3.8, 4) is 0 Å². The Morgan fingerprint density at radius 2 is 2.07 bits per heavy atom. The zero-order valence-corrected chi connectivity index (χ0v) is 17.5. The molecule has 0 bridgehead atoms. The Hall–Kier alpha value is -2.02. The van der Waals surface area contributed by atoms with E-state index in [-0.39, 0.29) is 5.78 Å². The molecule has 4 rings (SSSR count). The van der Waals surface area contributed by atoms with E-state index in [4.69, 9.17) is 4.98 Å². The summed E-state index contributed by atoms with van der Waals surface area (Å²) in [6, 6.07) is 7.92. The largest absolute Gasteiger partial charge is 0.360 e. The van der Waals surface area contributed by atoms with Gasteiger partial charge in [-0.25, -0.2) is 4.98 Å². The number of carbonyl (C=O) groups excluding carboxylic acids is 1. The summed E-state index contributed by atoms with van der Waals surface area (Å²) in [4.78, 5) is 25.7. The Bertz CT molecular complexity index is 937. The minimum Gasteiger partial charge on any atom is -0.360 e. The molecule has 2 aromatic heterocycles. The van der Waals surface area contributed by atoms with Crippen molar-refractivity contribution in [3.05, 3.63) is 52.1 Å². The molecule has 1 aliphatic heterocycles. The summed E-state index contributed by atoms with van der Waals surface area (Å²) in [5.41, 5.74) is 2.80. The average molecular weight is 397 g/mol. The van der Waals surface area contributed by atoms with E-state index in [1.165, 1.54) is 24.3 Å². The van der Waals surface area contributed by atoms with Crippen LogP contribution in [-0.2, 0) is 0 Å². The minimum absolute atomic E-state index is 0.0230. The fourth-order valence-electron chi connectivity index (χ4n) is 4.02. The van der Waals surface area contributed by atoms with E-state index >= 15 is 0 Å². The summed E-state index contributed by atoms with van der Waals surface area (Å²) < 4.78 is 0. The maximum absolute atomic E-state index is 13.0. The van der Waals surface area contributed by atoms with Crippen molar-refractivity contribution in [3.63, 3.8) is 0 Å². The van der Waals surface area contributed by atoms with Crippen LogP contribution in [0.4, 0.5) is 0 Å². The van der Waals surface area contributed by atoms with Crippen LogP contribution in [-0.4, -0.2) is 65.8 Å². The first-order valence-corrected chi connectivity index (χ1v) is 10.9. The van der Waals surface area contributed by atoms with Gasteiger partial charge in [0.2, 0.25) is 5.78 Å². The second kappa shape index (κ2) is 8.55. The lowest BCUT2D eigenvalue weighted by atomic mass is 9.94. The van der Waals surface area contributed by atoms with Gasteiger partial charge in [-0.15, -0.1) is 11.3 Å². The molecule has 6 heteroatoms. The fraction of sp³-hybridized carbons (Fsp3) is 0.455. The number of para-hydroxylation sites is 1. The van der Waals surface area contributed by atoms with Crippen LogP contribution in [0.1, 0.15) is 46.2 Å². The van der Waals surface area contributed by atoms with E-state index in [2.05, 4.69) is 34.3 Å². The molecule has 0 unspecified atom stereocenters. The molecule has 3 heterocycles.